The molecule has 4 aromatic carbocycles. The minimum atomic E-state index is -4.42. The monoisotopic (exact) mass is 858 g/mol. The van der Waals surface area contributed by atoms with Crippen LogP contribution in [0.15, 0.2) is 126 Å². The predicted octanol–water partition coefficient (Wildman–Crippen LogP) is 7.20. The van der Waals surface area contributed by atoms with Crippen LogP contribution < -0.4 is 21.0 Å². The van der Waals surface area contributed by atoms with E-state index in [1.54, 1.807) is 39.0 Å². The van der Waals surface area contributed by atoms with Crippen molar-refractivity contribution in [2.75, 3.05) is 6.61 Å². The number of hydrogen-bond donors (Lipinski definition) is 3. The Balaban J connectivity index is 1.71. The van der Waals surface area contributed by atoms with Gasteiger partial charge in [-0.2, -0.15) is 0 Å². The fraction of sp³-hybridized carbons (Fsp3) is 0.391. The van der Waals surface area contributed by atoms with Gasteiger partial charge in [0.2, 0.25) is 0 Å². The second kappa shape index (κ2) is 20.3. The van der Waals surface area contributed by atoms with Gasteiger partial charge in [0, 0.05) is 6.42 Å². The molecular formula is C46H58N2O10SSi. The highest BCUT2D eigenvalue weighted by molar-refractivity contribution is 7.93. The smallest absolute Gasteiger partial charge is 0.408 e. The molecule has 2 amide bonds. The number of Topliss-reactive ketones (excluding diaryl/α,β-unsaturated/α-hetero) is 1. The Hall–Kier alpha value is -5.31. The molecule has 0 saturated carbocycles. The highest BCUT2D eigenvalue weighted by Crippen LogP contribution is 2.38. The normalized spacial score (nSPS) is 14.2. The van der Waals surface area contributed by atoms with Crippen LogP contribution in [-0.2, 0) is 39.9 Å². The highest BCUT2D eigenvalue weighted by atomic mass is 32.2. The number of ketones is 1. The van der Waals surface area contributed by atoms with Gasteiger partial charge in [-0.05, 0) is 80.1 Å². The van der Waals surface area contributed by atoms with Crippen molar-refractivity contribution < 1.29 is 46.6 Å². The zero-order valence-electron chi connectivity index (χ0n) is 35.5. The predicted molar refractivity (Wildman–Crippen MR) is 233 cm³/mol. The summed E-state index contributed by atoms with van der Waals surface area (Å²) >= 11 is 0. The second-order valence-corrected chi connectivity index (χ2v) is 23.6. The number of hydrogen-bond acceptors (Lipinski definition) is 9. The van der Waals surface area contributed by atoms with Crippen LogP contribution in [0.1, 0.15) is 79.7 Å². The molecule has 14 heteroatoms. The molecule has 60 heavy (non-hydrogen) atoms. The zero-order chi connectivity index (χ0) is 44.2. The number of carboxylic acid groups (broad SMARTS) is 1. The molecule has 0 aliphatic rings. The topological polar surface area (TPSA) is 174 Å². The van der Waals surface area contributed by atoms with Crippen molar-refractivity contribution in [2.45, 2.75) is 113 Å². The quantitative estimate of drug-likeness (QED) is 0.0819. The van der Waals surface area contributed by atoms with Crippen LogP contribution in [0.25, 0.3) is 0 Å². The number of carboxylic acids is 1. The summed E-state index contributed by atoms with van der Waals surface area (Å²) in [6.45, 7) is 12.4. The maximum Gasteiger partial charge on any atom is 0.408 e. The Labute approximate surface area is 355 Å². The molecule has 3 N–H and O–H groups in total. The molecule has 0 spiro atoms. The van der Waals surface area contributed by atoms with Gasteiger partial charge in [0.25, 0.3) is 8.32 Å². The van der Waals surface area contributed by atoms with E-state index < -0.39 is 82.4 Å². The third kappa shape index (κ3) is 12.1. The van der Waals surface area contributed by atoms with Crippen LogP contribution in [-0.4, -0.2) is 74.8 Å². The number of carbonyl (C=O) groups is 4. The lowest BCUT2D eigenvalue weighted by Gasteiger charge is -2.44. The summed E-state index contributed by atoms with van der Waals surface area (Å²) in [6.07, 6.45) is -3.00. The number of ether oxygens (including phenoxy) is 2. The summed E-state index contributed by atoms with van der Waals surface area (Å²) in [5.74, 6) is -2.18. The first-order valence-corrected chi connectivity index (χ1v) is 23.4. The van der Waals surface area contributed by atoms with E-state index in [0.29, 0.717) is 0 Å². The molecule has 0 fully saturated rings. The van der Waals surface area contributed by atoms with E-state index in [1.807, 2.05) is 91.0 Å². The van der Waals surface area contributed by atoms with E-state index in [2.05, 4.69) is 31.4 Å². The molecule has 0 radical (unpaired) electrons. The fourth-order valence-electron chi connectivity index (χ4n) is 7.10. The first kappa shape index (κ1) is 47.4. The van der Waals surface area contributed by atoms with Crippen molar-refractivity contribution in [1.82, 2.24) is 10.6 Å². The van der Waals surface area contributed by atoms with Crippen molar-refractivity contribution >= 4 is 52.5 Å². The first-order valence-electron chi connectivity index (χ1n) is 20.0. The van der Waals surface area contributed by atoms with Crippen LogP contribution in [0.2, 0.25) is 5.04 Å². The van der Waals surface area contributed by atoms with Gasteiger partial charge in [-0.3, -0.25) is 4.79 Å². The minimum Gasteiger partial charge on any atom is -0.480 e. The van der Waals surface area contributed by atoms with Crippen LogP contribution in [0.5, 0.6) is 0 Å². The summed E-state index contributed by atoms with van der Waals surface area (Å²) in [5, 5.41) is 16.7. The molecule has 3 atom stereocenters. The van der Waals surface area contributed by atoms with Crippen LogP contribution in [0, 0.1) is 0 Å². The number of alkyl carbamates (subject to hydrolysis) is 2. The molecule has 1 unspecified atom stereocenters. The molecule has 4 aromatic rings. The number of nitrogens with one attached hydrogen (secondary N) is 2. The SMILES string of the molecule is CC(C)(C)OC(=O)N[C@@H](CCC(=O)C(C)(CC[C@@H](CO[Si](c1ccccc1)(c1ccccc1)C(C)(C)C)NC(=O)OCc1ccccc1)S(=O)(=O)c1ccccc1)C(=O)O. The van der Waals surface area contributed by atoms with Crippen LogP contribution >= 0.6 is 0 Å². The highest BCUT2D eigenvalue weighted by Gasteiger charge is 2.51. The Morgan fingerprint density at radius 1 is 0.683 bits per heavy atom. The minimum absolute atomic E-state index is 0.0182. The Bertz CT molecular complexity index is 2100. The van der Waals surface area contributed by atoms with E-state index >= 15 is 0 Å². The van der Waals surface area contributed by atoms with Crippen molar-refractivity contribution in [3.05, 3.63) is 127 Å². The molecule has 0 heterocycles. The van der Waals surface area contributed by atoms with Gasteiger partial charge >= 0.3 is 18.2 Å². The van der Waals surface area contributed by atoms with Crippen molar-refractivity contribution in [3.8, 4) is 0 Å². The largest absolute Gasteiger partial charge is 0.480 e. The summed E-state index contributed by atoms with van der Waals surface area (Å²) in [6, 6.07) is 34.1. The van der Waals surface area contributed by atoms with Gasteiger partial charge in [-0.25, -0.2) is 22.8 Å². The lowest BCUT2D eigenvalue weighted by Crippen LogP contribution is -2.67. The number of amides is 2. The Kier molecular flexibility index (Phi) is 16.0. The van der Waals surface area contributed by atoms with E-state index in [-0.39, 0.29) is 31.0 Å². The van der Waals surface area contributed by atoms with E-state index in [9.17, 15) is 32.7 Å². The Morgan fingerprint density at radius 2 is 1.18 bits per heavy atom. The number of aliphatic carboxylic acids is 1. The molecule has 0 aliphatic carbocycles. The van der Waals surface area contributed by atoms with Gasteiger partial charge in [0.1, 0.15) is 23.0 Å². The molecule has 322 valence electrons. The van der Waals surface area contributed by atoms with Crippen LogP contribution in [0.4, 0.5) is 9.59 Å². The van der Waals surface area contributed by atoms with Gasteiger partial charge in [-0.1, -0.05) is 130 Å². The molecule has 0 bridgehead atoms. The number of sulfone groups is 1. The summed E-state index contributed by atoms with van der Waals surface area (Å²) < 4.78 is 45.0. The van der Waals surface area contributed by atoms with Crippen molar-refractivity contribution in [1.29, 1.82) is 0 Å². The number of benzene rings is 4. The fourth-order valence-corrected chi connectivity index (χ4v) is 13.5. The average molecular weight is 859 g/mol. The lowest BCUT2D eigenvalue weighted by molar-refractivity contribution is -0.139. The molecule has 0 aliphatic heterocycles. The third-order valence-corrected chi connectivity index (χ3v) is 17.8. The number of rotatable bonds is 19. The molecular weight excluding hydrogens is 801 g/mol. The molecule has 12 nitrogen and oxygen atoms in total. The maximum absolute atomic E-state index is 14.6. The van der Waals surface area contributed by atoms with Gasteiger partial charge < -0.3 is 29.6 Å². The Morgan fingerprint density at radius 3 is 1.67 bits per heavy atom. The van der Waals surface area contributed by atoms with Gasteiger partial charge in [0.05, 0.1) is 17.5 Å². The number of carbonyl (C=O) groups excluding carboxylic acids is 3. The zero-order valence-corrected chi connectivity index (χ0v) is 37.3. The summed E-state index contributed by atoms with van der Waals surface area (Å²) in [4.78, 5) is 52.5. The van der Waals surface area contributed by atoms with Gasteiger partial charge in [-0.15, -0.1) is 0 Å². The van der Waals surface area contributed by atoms with Crippen LogP contribution in [0.3, 0.4) is 0 Å². The van der Waals surface area contributed by atoms with E-state index in [1.165, 1.54) is 19.1 Å². The summed E-state index contributed by atoms with van der Waals surface area (Å²) in [5.41, 5.74) is -0.147. The van der Waals surface area contributed by atoms with Gasteiger partial charge in [0.15, 0.2) is 15.6 Å². The third-order valence-electron chi connectivity index (χ3n) is 10.3. The first-order chi connectivity index (χ1) is 28.2. The van der Waals surface area contributed by atoms with E-state index in [0.717, 1.165) is 15.9 Å². The second-order valence-electron chi connectivity index (χ2n) is 17.0. The molecule has 4 rings (SSSR count). The standard InChI is InChI=1S/C46H58N2O10SSi/c1-44(2,3)58-43(53)48-39(41(50)51)28-29-40(49)46(7,59(54,55)36-22-14-9-15-23-36)31-30-35(47-42(52)56-32-34-20-12-8-13-21-34)33-57-60(45(4,5)6,37-24-16-10-17-25-37)38-26-18-11-19-27-38/h8-27,35,39H,28-33H2,1-7H3,(H,47,52)(H,48,53)(H,50,51)/t35-,39-,46?/m0/s1. The van der Waals surface area contributed by atoms with Crippen molar-refractivity contribution in [2.24, 2.45) is 0 Å². The molecule has 0 saturated heterocycles. The lowest BCUT2D eigenvalue weighted by atomic mass is 9.93. The van der Waals surface area contributed by atoms with Crippen molar-refractivity contribution in [3.63, 3.8) is 0 Å². The summed E-state index contributed by atoms with van der Waals surface area (Å²) in [7, 11) is -7.59. The maximum atomic E-state index is 14.6. The van der Waals surface area contributed by atoms with E-state index in [4.69, 9.17) is 13.9 Å². The molecule has 0 aromatic heterocycles. The average Bonchev–Trinajstić information content (AvgIpc) is 3.20.